The normalized spacial score (nSPS) is 10.5. The minimum absolute atomic E-state index is 0.625. The summed E-state index contributed by atoms with van der Waals surface area (Å²) in [6.45, 7) is 8.61. The molecular formula is C6H17ClNO3P. The van der Waals surface area contributed by atoms with Crippen LogP contribution in [0.5, 0.6) is 0 Å². The van der Waals surface area contributed by atoms with Gasteiger partial charge in [0.2, 0.25) is 0 Å². The van der Waals surface area contributed by atoms with E-state index in [2.05, 4.69) is 49.0 Å². The Bertz CT molecular complexity index is 86.9. The highest BCUT2D eigenvalue weighted by Gasteiger charge is 1.92. The highest BCUT2D eigenvalue weighted by Crippen LogP contribution is 2.25. The van der Waals surface area contributed by atoms with Crippen LogP contribution in [-0.4, -0.2) is 21.9 Å². The fourth-order valence-corrected chi connectivity index (χ4v) is 0.667. The van der Waals surface area contributed by atoms with Gasteiger partial charge in [0.25, 0.3) is 0 Å². The predicted molar refractivity (Wildman–Crippen MR) is 51.7 cm³/mol. The van der Waals surface area contributed by atoms with E-state index in [1.807, 2.05) is 0 Å². The van der Waals surface area contributed by atoms with Crippen LogP contribution in [0.3, 0.4) is 0 Å². The van der Waals surface area contributed by atoms with Crippen LogP contribution in [0.15, 0.2) is 0 Å². The first-order chi connectivity index (χ1) is 5.40. The van der Waals surface area contributed by atoms with E-state index in [0.29, 0.717) is 12.1 Å². The Kier molecular flexibility index (Phi) is 12.1. The molecule has 3 N–H and O–H groups in total. The lowest BCUT2D eigenvalue weighted by Crippen LogP contribution is -2.29. The molecule has 0 aliphatic carbocycles. The standard InChI is InChI=1S/C6H15N.ClH2O3P/c1-5(2)7-6(3)4;1-4-5(2)3/h5-7H,1-4H3;2-3H. The van der Waals surface area contributed by atoms with Crippen molar-refractivity contribution in [1.82, 2.24) is 5.32 Å². The lowest BCUT2D eigenvalue weighted by molar-refractivity contribution is 0.389. The average Bonchev–Trinajstić information content (AvgIpc) is 1.85. The Morgan fingerprint density at radius 2 is 1.42 bits per heavy atom. The Morgan fingerprint density at radius 3 is 1.42 bits per heavy atom. The molecule has 0 radical (unpaired) electrons. The van der Waals surface area contributed by atoms with Gasteiger partial charge in [0.1, 0.15) is 0 Å². The van der Waals surface area contributed by atoms with Crippen LogP contribution in [0.2, 0.25) is 0 Å². The molecule has 0 spiro atoms. The molecule has 0 rings (SSSR count). The highest BCUT2D eigenvalue weighted by molar-refractivity contribution is 7.40. The van der Waals surface area contributed by atoms with Gasteiger partial charge in [-0.1, -0.05) is 27.7 Å². The Hall–Kier alpha value is 0.560. The Balaban J connectivity index is 0. The second-order valence-electron chi connectivity index (χ2n) is 2.80. The second kappa shape index (κ2) is 9.65. The zero-order chi connectivity index (χ0) is 10.1. The molecule has 0 aromatic heterocycles. The van der Waals surface area contributed by atoms with Crippen molar-refractivity contribution in [2.24, 2.45) is 0 Å². The molecule has 0 bridgehead atoms. The molecule has 0 aromatic carbocycles. The first-order valence-electron chi connectivity index (χ1n) is 3.62. The third-order valence-electron chi connectivity index (χ3n) is 0.728. The molecule has 4 nitrogen and oxygen atoms in total. The van der Waals surface area contributed by atoms with E-state index in [0.717, 1.165) is 0 Å². The topological polar surface area (TPSA) is 61.7 Å². The lowest BCUT2D eigenvalue weighted by atomic mass is 10.3. The third kappa shape index (κ3) is 22.4. The summed E-state index contributed by atoms with van der Waals surface area (Å²) in [7, 11) is -2.33. The lowest BCUT2D eigenvalue weighted by Gasteiger charge is -2.10. The van der Waals surface area contributed by atoms with Crippen molar-refractivity contribution in [2.45, 2.75) is 39.8 Å². The van der Waals surface area contributed by atoms with Crippen molar-refractivity contribution >= 4 is 20.5 Å². The molecule has 0 aliphatic rings. The first kappa shape index (κ1) is 15.1. The van der Waals surface area contributed by atoms with Crippen molar-refractivity contribution in [3.8, 4) is 0 Å². The van der Waals surface area contributed by atoms with E-state index in [1.165, 1.54) is 0 Å². The summed E-state index contributed by atoms with van der Waals surface area (Å²) in [4.78, 5) is 15.3. The summed E-state index contributed by atoms with van der Waals surface area (Å²) in [6.07, 6.45) is 0. The number of hydrogen-bond donors (Lipinski definition) is 3. The predicted octanol–water partition coefficient (Wildman–Crippen LogP) is 1.76. The van der Waals surface area contributed by atoms with Gasteiger partial charge < -0.3 is 15.1 Å². The van der Waals surface area contributed by atoms with Crippen molar-refractivity contribution in [3.63, 3.8) is 0 Å². The summed E-state index contributed by atoms with van der Waals surface area (Å²) in [5.41, 5.74) is 0. The second-order valence-corrected chi connectivity index (χ2v) is 3.86. The molecule has 0 aliphatic heterocycles. The number of hydrogen-bond acceptors (Lipinski definition) is 4. The Labute approximate surface area is 80.1 Å². The molecule has 0 aromatic rings. The minimum atomic E-state index is -2.33. The van der Waals surface area contributed by atoms with E-state index in [9.17, 15) is 0 Å². The number of halogens is 1. The van der Waals surface area contributed by atoms with E-state index in [1.54, 1.807) is 0 Å². The molecule has 0 saturated heterocycles. The number of nitrogens with one attached hydrogen (secondary N) is 1. The van der Waals surface area contributed by atoms with Crippen molar-refractivity contribution in [3.05, 3.63) is 0 Å². The van der Waals surface area contributed by atoms with Gasteiger partial charge >= 0.3 is 8.60 Å². The third-order valence-corrected chi connectivity index (χ3v) is 1.22. The van der Waals surface area contributed by atoms with Gasteiger partial charge in [-0.3, -0.25) is 0 Å². The minimum Gasteiger partial charge on any atom is -0.327 e. The maximum Gasteiger partial charge on any atom is 0.344 e. The van der Waals surface area contributed by atoms with Gasteiger partial charge in [-0.05, 0) is 0 Å². The molecule has 12 heavy (non-hydrogen) atoms. The van der Waals surface area contributed by atoms with Gasteiger partial charge in [0, 0.05) is 12.1 Å². The molecule has 0 saturated carbocycles. The molecule has 0 amide bonds. The van der Waals surface area contributed by atoms with Gasteiger partial charge in [0.05, 0.1) is 11.9 Å². The van der Waals surface area contributed by atoms with Gasteiger partial charge in [-0.15, -0.1) is 0 Å². The van der Waals surface area contributed by atoms with Crippen LogP contribution in [-0.2, 0) is 4.08 Å². The van der Waals surface area contributed by atoms with E-state index in [4.69, 9.17) is 9.79 Å². The van der Waals surface area contributed by atoms with Crippen LogP contribution in [0.4, 0.5) is 0 Å². The van der Waals surface area contributed by atoms with Crippen LogP contribution in [0.25, 0.3) is 0 Å². The number of rotatable bonds is 3. The van der Waals surface area contributed by atoms with Crippen LogP contribution in [0.1, 0.15) is 27.7 Å². The molecule has 0 unspecified atom stereocenters. The van der Waals surface area contributed by atoms with Crippen LogP contribution in [0, 0.1) is 0 Å². The molecule has 0 fully saturated rings. The largest absolute Gasteiger partial charge is 0.344 e. The van der Waals surface area contributed by atoms with Gasteiger partial charge in [0.15, 0.2) is 0 Å². The molecule has 0 heterocycles. The maximum absolute atomic E-state index is 7.63. The summed E-state index contributed by atoms with van der Waals surface area (Å²) in [5.74, 6) is 0. The first-order valence-corrected chi connectivity index (χ1v) is 5.10. The monoisotopic (exact) mass is 217 g/mol. The fraction of sp³-hybridized carbons (Fsp3) is 1.00. The molecular weight excluding hydrogens is 200 g/mol. The summed E-state index contributed by atoms with van der Waals surface area (Å²) < 4.78 is 3.40. The van der Waals surface area contributed by atoms with Crippen LogP contribution < -0.4 is 5.32 Å². The van der Waals surface area contributed by atoms with E-state index in [-0.39, 0.29) is 0 Å². The van der Waals surface area contributed by atoms with Gasteiger partial charge in [-0.2, -0.15) is 4.08 Å². The smallest absolute Gasteiger partial charge is 0.327 e. The average molecular weight is 218 g/mol. The zero-order valence-corrected chi connectivity index (χ0v) is 9.43. The van der Waals surface area contributed by atoms with E-state index >= 15 is 0 Å². The summed E-state index contributed by atoms with van der Waals surface area (Å²) in [6, 6.07) is 1.25. The van der Waals surface area contributed by atoms with Crippen molar-refractivity contribution in [1.29, 1.82) is 0 Å². The highest BCUT2D eigenvalue weighted by atomic mass is 35.5. The van der Waals surface area contributed by atoms with Crippen molar-refractivity contribution in [2.75, 3.05) is 0 Å². The molecule has 0 atom stereocenters. The quantitative estimate of drug-likeness (QED) is 0.631. The zero-order valence-electron chi connectivity index (χ0n) is 7.78. The SMILES string of the molecule is CC(C)NC(C)C.OP(O)OCl. The summed E-state index contributed by atoms with van der Waals surface area (Å²) >= 11 is 4.37. The Morgan fingerprint density at radius 1 is 1.17 bits per heavy atom. The van der Waals surface area contributed by atoms with Crippen LogP contribution >= 0.6 is 20.5 Å². The van der Waals surface area contributed by atoms with Gasteiger partial charge in [-0.25, -0.2) is 0 Å². The molecule has 6 heteroatoms. The maximum atomic E-state index is 7.63. The fourth-order valence-electron chi connectivity index (χ4n) is 0.667. The van der Waals surface area contributed by atoms with E-state index < -0.39 is 8.60 Å². The molecule has 76 valence electrons. The van der Waals surface area contributed by atoms with Crippen molar-refractivity contribution < 1.29 is 13.9 Å². The summed E-state index contributed by atoms with van der Waals surface area (Å²) in [5, 5.41) is 3.31.